The summed E-state index contributed by atoms with van der Waals surface area (Å²) >= 11 is 0. The molecule has 4 aromatic rings. The van der Waals surface area contributed by atoms with Gasteiger partial charge in [0.05, 0.1) is 11.9 Å². The molecule has 0 spiro atoms. The molecule has 27 heavy (non-hydrogen) atoms. The van der Waals surface area contributed by atoms with Gasteiger partial charge in [-0.05, 0) is 26.0 Å². The quantitative estimate of drug-likeness (QED) is 0.509. The molecule has 10 heteroatoms. The van der Waals surface area contributed by atoms with Gasteiger partial charge in [0, 0.05) is 30.6 Å². The van der Waals surface area contributed by atoms with Crippen LogP contribution in [0.4, 0.5) is 10.6 Å². The zero-order chi connectivity index (χ0) is 18.8. The summed E-state index contributed by atoms with van der Waals surface area (Å²) in [7, 11) is 0. The molecular formula is C17H17N9O. The summed E-state index contributed by atoms with van der Waals surface area (Å²) in [6.45, 7) is 4.18. The summed E-state index contributed by atoms with van der Waals surface area (Å²) in [4.78, 5) is 29.5. The molecule has 4 heterocycles. The SMILES string of the molecule is CCNC(=O)Nc1cn2c(-c3n[nH]c(C)n3)nc(-c3cccnc3)cc2n1. The zero-order valence-electron chi connectivity index (χ0n) is 14.8. The van der Waals surface area contributed by atoms with Gasteiger partial charge in [-0.1, -0.05) is 0 Å². The van der Waals surface area contributed by atoms with E-state index in [1.807, 2.05) is 32.0 Å². The Labute approximate surface area is 154 Å². The average molecular weight is 363 g/mol. The van der Waals surface area contributed by atoms with Gasteiger partial charge >= 0.3 is 6.03 Å². The van der Waals surface area contributed by atoms with Crippen molar-refractivity contribution in [2.75, 3.05) is 11.9 Å². The fourth-order valence-corrected chi connectivity index (χ4v) is 2.63. The van der Waals surface area contributed by atoms with Crippen molar-refractivity contribution in [3.05, 3.63) is 42.6 Å². The van der Waals surface area contributed by atoms with E-state index in [2.05, 4.69) is 35.8 Å². The normalized spacial score (nSPS) is 10.9. The highest BCUT2D eigenvalue weighted by atomic mass is 16.2. The van der Waals surface area contributed by atoms with E-state index in [1.54, 1.807) is 23.0 Å². The van der Waals surface area contributed by atoms with Crippen molar-refractivity contribution in [2.24, 2.45) is 0 Å². The van der Waals surface area contributed by atoms with Crippen molar-refractivity contribution >= 4 is 17.5 Å². The van der Waals surface area contributed by atoms with Crippen molar-refractivity contribution in [1.82, 2.24) is 39.9 Å². The molecule has 0 aliphatic heterocycles. The topological polar surface area (TPSA) is 126 Å². The Bertz CT molecular complexity index is 1100. The predicted molar refractivity (Wildman–Crippen MR) is 99.0 cm³/mol. The second-order valence-electron chi connectivity index (χ2n) is 5.79. The number of hydrogen-bond acceptors (Lipinski definition) is 6. The molecule has 0 saturated heterocycles. The molecule has 2 amide bonds. The van der Waals surface area contributed by atoms with Gasteiger partial charge < -0.3 is 5.32 Å². The summed E-state index contributed by atoms with van der Waals surface area (Å²) in [6.07, 6.45) is 5.11. The fourth-order valence-electron chi connectivity index (χ4n) is 2.63. The molecule has 4 aromatic heterocycles. The highest BCUT2D eigenvalue weighted by molar-refractivity contribution is 5.88. The zero-order valence-corrected chi connectivity index (χ0v) is 14.8. The maximum atomic E-state index is 11.8. The predicted octanol–water partition coefficient (Wildman–Crippen LogP) is 2.03. The monoisotopic (exact) mass is 363 g/mol. The number of amides is 2. The number of aromatic nitrogens is 7. The van der Waals surface area contributed by atoms with E-state index in [-0.39, 0.29) is 6.03 Å². The van der Waals surface area contributed by atoms with Gasteiger partial charge in [0.15, 0.2) is 11.6 Å². The number of pyridine rings is 1. The van der Waals surface area contributed by atoms with Crippen LogP contribution in [0.25, 0.3) is 28.6 Å². The van der Waals surface area contributed by atoms with Crippen LogP contribution < -0.4 is 10.6 Å². The van der Waals surface area contributed by atoms with E-state index >= 15 is 0 Å². The highest BCUT2D eigenvalue weighted by Crippen LogP contribution is 2.24. The molecule has 0 fully saturated rings. The largest absolute Gasteiger partial charge is 0.338 e. The molecule has 136 valence electrons. The van der Waals surface area contributed by atoms with Crippen LogP contribution in [0.1, 0.15) is 12.7 Å². The molecule has 0 aliphatic rings. The van der Waals surface area contributed by atoms with Gasteiger partial charge in [-0.3, -0.25) is 19.8 Å². The van der Waals surface area contributed by atoms with E-state index < -0.39 is 0 Å². The molecular weight excluding hydrogens is 346 g/mol. The maximum Gasteiger partial charge on any atom is 0.320 e. The summed E-state index contributed by atoms with van der Waals surface area (Å²) in [5.74, 6) is 2.02. The molecule has 3 N–H and O–H groups in total. The molecule has 0 saturated carbocycles. The molecule has 0 bridgehead atoms. The second kappa shape index (κ2) is 6.83. The lowest BCUT2D eigenvalue weighted by molar-refractivity contribution is 0.252. The van der Waals surface area contributed by atoms with Crippen molar-refractivity contribution in [2.45, 2.75) is 13.8 Å². The van der Waals surface area contributed by atoms with Crippen molar-refractivity contribution in [3.63, 3.8) is 0 Å². The average Bonchev–Trinajstić information content (AvgIpc) is 3.27. The Morgan fingerprint density at radius 2 is 2.19 bits per heavy atom. The van der Waals surface area contributed by atoms with Crippen molar-refractivity contribution in [1.29, 1.82) is 0 Å². The minimum atomic E-state index is -0.323. The van der Waals surface area contributed by atoms with Crippen LogP contribution in [-0.4, -0.2) is 47.1 Å². The van der Waals surface area contributed by atoms with E-state index in [0.717, 1.165) is 5.56 Å². The van der Waals surface area contributed by atoms with E-state index in [4.69, 9.17) is 4.98 Å². The molecule has 0 aliphatic carbocycles. The van der Waals surface area contributed by atoms with Gasteiger partial charge in [0.2, 0.25) is 5.82 Å². The Morgan fingerprint density at radius 1 is 1.30 bits per heavy atom. The first-order chi connectivity index (χ1) is 13.1. The molecule has 0 unspecified atom stereocenters. The third-order valence-electron chi connectivity index (χ3n) is 3.79. The molecule has 0 atom stereocenters. The van der Waals surface area contributed by atoms with Crippen LogP contribution in [0.3, 0.4) is 0 Å². The first-order valence-corrected chi connectivity index (χ1v) is 8.39. The lowest BCUT2D eigenvalue weighted by atomic mass is 10.2. The summed E-state index contributed by atoms with van der Waals surface area (Å²) in [6, 6.07) is 5.25. The van der Waals surface area contributed by atoms with Crippen molar-refractivity contribution < 1.29 is 4.79 Å². The number of fused-ring (bicyclic) bond motifs is 1. The standard InChI is InChI=1S/C17H17N9O/c1-3-19-17(27)23-13-9-26-14(22-13)7-12(11-5-4-6-18-8-11)21-16(26)15-20-10(2)24-25-15/h4-9H,3H2,1-2H3,(H2,19,23,27)(H,20,24,25). The number of carbonyl (C=O) groups is 1. The first kappa shape index (κ1) is 16.6. The van der Waals surface area contributed by atoms with Gasteiger partial charge in [-0.2, -0.15) is 5.10 Å². The minimum absolute atomic E-state index is 0.323. The number of rotatable bonds is 4. The lowest BCUT2D eigenvalue weighted by Crippen LogP contribution is -2.28. The molecule has 4 rings (SSSR count). The molecule has 10 nitrogen and oxygen atoms in total. The number of urea groups is 1. The van der Waals surface area contributed by atoms with E-state index in [0.29, 0.717) is 41.2 Å². The van der Waals surface area contributed by atoms with E-state index in [9.17, 15) is 4.79 Å². The summed E-state index contributed by atoms with van der Waals surface area (Å²) in [5, 5.41) is 12.4. The Hall–Kier alpha value is -3.82. The summed E-state index contributed by atoms with van der Waals surface area (Å²) in [5.41, 5.74) is 2.13. The smallest absolute Gasteiger partial charge is 0.320 e. The van der Waals surface area contributed by atoms with Crippen molar-refractivity contribution in [3.8, 4) is 22.9 Å². The third kappa shape index (κ3) is 3.32. The number of hydrogen-bond donors (Lipinski definition) is 3. The van der Waals surface area contributed by atoms with Crippen LogP contribution in [0.15, 0.2) is 36.8 Å². The van der Waals surface area contributed by atoms with Gasteiger partial charge in [0.25, 0.3) is 0 Å². The minimum Gasteiger partial charge on any atom is -0.338 e. The van der Waals surface area contributed by atoms with Gasteiger partial charge in [-0.25, -0.2) is 19.7 Å². The van der Waals surface area contributed by atoms with Gasteiger partial charge in [0.1, 0.15) is 11.5 Å². The Morgan fingerprint density at radius 3 is 2.89 bits per heavy atom. The van der Waals surface area contributed by atoms with Gasteiger partial charge in [-0.15, -0.1) is 0 Å². The Balaban J connectivity index is 1.86. The Kier molecular flexibility index (Phi) is 4.21. The number of aromatic amines is 1. The number of carbonyl (C=O) groups excluding carboxylic acids is 1. The van der Waals surface area contributed by atoms with Crippen LogP contribution in [-0.2, 0) is 0 Å². The third-order valence-corrected chi connectivity index (χ3v) is 3.79. The summed E-state index contributed by atoms with van der Waals surface area (Å²) < 4.78 is 1.74. The number of nitrogens with one attached hydrogen (secondary N) is 3. The van der Waals surface area contributed by atoms with Crippen LogP contribution in [0, 0.1) is 6.92 Å². The number of anilines is 1. The lowest BCUT2D eigenvalue weighted by Gasteiger charge is -2.05. The first-order valence-electron chi connectivity index (χ1n) is 8.39. The van der Waals surface area contributed by atoms with Crippen LogP contribution in [0.5, 0.6) is 0 Å². The number of H-pyrrole nitrogens is 1. The number of nitrogens with zero attached hydrogens (tertiary/aromatic N) is 6. The molecule has 0 aromatic carbocycles. The highest BCUT2D eigenvalue weighted by Gasteiger charge is 2.16. The van der Waals surface area contributed by atoms with Crippen LogP contribution >= 0.6 is 0 Å². The number of aryl methyl sites for hydroxylation is 1. The van der Waals surface area contributed by atoms with Crippen LogP contribution in [0.2, 0.25) is 0 Å². The fraction of sp³-hybridized carbons (Fsp3) is 0.176. The molecule has 0 radical (unpaired) electrons. The maximum absolute atomic E-state index is 11.8. The number of imidazole rings is 1. The van der Waals surface area contributed by atoms with E-state index in [1.165, 1.54) is 0 Å². The second-order valence-corrected chi connectivity index (χ2v) is 5.79.